The lowest BCUT2D eigenvalue weighted by Crippen LogP contribution is -2.42. The van der Waals surface area contributed by atoms with Crippen LogP contribution in [0.2, 0.25) is 0 Å². The van der Waals surface area contributed by atoms with E-state index in [0.717, 1.165) is 6.42 Å². The average molecular weight is 247 g/mol. The Hall–Kier alpha value is -0.930. The molecule has 0 unspecified atom stereocenters. The Balaban J connectivity index is 0.000000574. The van der Waals surface area contributed by atoms with E-state index in [4.69, 9.17) is 5.73 Å². The van der Waals surface area contributed by atoms with Gasteiger partial charge in [-0.1, -0.05) is 19.9 Å². The van der Waals surface area contributed by atoms with E-state index in [1.54, 1.807) is 0 Å². The molecule has 2 N–H and O–H groups in total. The van der Waals surface area contributed by atoms with Gasteiger partial charge in [-0.15, -0.1) is 0 Å². The first-order valence-corrected chi connectivity index (χ1v) is 7.09. The fourth-order valence-electron chi connectivity index (χ4n) is 3.21. The van der Waals surface area contributed by atoms with Gasteiger partial charge < -0.3 is 10.6 Å². The number of nitrogens with two attached hydrogens (primary N) is 1. The Morgan fingerprint density at radius 2 is 2.00 bits per heavy atom. The van der Waals surface area contributed by atoms with Gasteiger partial charge in [-0.25, -0.2) is 0 Å². The zero-order valence-corrected chi connectivity index (χ0v) is 11.8. The molecule has 1 aliphatic heterocycles. The summed E-state index contributed by atoms with van der Waals surface area (Å²) in [6, 6.07) is 4.36. The summed E-state index contributed by atoms with van der Waals surface area (Å²) in [5.74, 6) is 0. The summed E-state index contributed by atoms with van der Waals surface area (Å²) >= 11 is 0. The standard InChI is InChI=1S/C13H19N3.C2H6/c1-16-7-4-13(5-8-16)9-11-10(12(13)14)3-2-6-15-11;1-2/h2-3,6,12H,4-5,7-9,14H2,1H3;1-2H3/t12-;/m1./s1. The minimum atomic E-state index is 0.199. The molecule has 1 aromatic heterocycles. The molecule has 1 atom stereocenters. The van der Waals surface area contributed by atoms with Gasteiger partial charge in [0, 0.05) is 17.9 Å². The van der Waals surface area contributed by atoms with Gasteiger partial charge in [0.2, 0.25) is 0 Å². The van der Waals surface area contributed by atoms with Gasteiger partial charge >= 0.3 is 0 Å². The Morgan fingerprint density at radius 1 is 1.33 bits per heavy atom. The van der Waals surface area contributed by atoms with Crippen molar-refractivity contribution in [2.75, 3.05) is 20.1 Å². The molecule has 1 aliphatic carbocycles. The number of likely N-dealkylation sites (tertiary alicyclic amines) is 1. The predicted molar refractivity (Wildman–Crippen MR) is 75.4 cm³/mol. The van der Waals surface area contributed by atoms with E-state index < -0.39 is 0 Å². The van der Waals surface area contributed by atoms with Crippen LogP contribution >= 0.6 is 0 Å². The highest BCUT2D eigenvalue weighted by atomic mass is 15.1. The zero-order chi connectivity index (χ0) is 13.2. The number of rotatable bonds is 0. The number of hydrogen-bond donors (Lipinski definition) is 1. The fraction of sp³-hybridized carbons (Fsp3) is 0.667. The van der Waals surface area contributed by atoms with Crippen molar-refractivity contribution in [1.29, 1.82) is 0 Å². The third-order valence-corrected chi connectivity index (χ3v) is 4.42. The van der Waals surface area contributed by atoms with E-state index in [1.165, 1.54) is 37.2 Å². The number of piperidine rings is 1. The quantitative estimate of drug-likeness (QED) is 0.765. The summed E-state index contributed by atoms with van der Waals surface area (Å²) in [7, 11) is 2.19. The lowest BCUT2D eigenvalue weighted by molar-refractivity contribution is 0.105. The molecule has 3 rings (SSSR count). The van der Waals surface area contributed by atoms with E-state index in [9.17, 15) is 0 Å². The SMILES string of the molecule is CC.CN1CCC2(CC1)Cc1ncccc1[C@H]2N. The van der Waals surface area contributed by atoms with Gasteiger partial charge in [0.05, 0.1) is 0 Å². The van der Waals surface area contributed by atoms with Crippen LogP contribution in [0.5, 0.6) is 0 Å². The third kappa shape index (κ3) is 2.17. The lowest BCUT2D eigenvalue weighted by Gasteiger charge is -2.40. The van der Waals surface area contributed by atoms with Gasteiger partial charge in [-0.2, -0.15) is 0 Å². The van der Waals surface area contributed by atoms with E-state index in [-0.39, 0.29) is 6.04 Å². The van der Waals surface area contributed by atoms with Gasteiger partial charge in [0.15, 0.2) is 0 Å². The maximum absolute atomic E-state index is 6.44. The van der Waals surface area contributed by atoms with Gasteiger partial charge in [-0.3, -0.25) is 4.98 Å². The van der Waals surface area contributed by atoms with Crippen molar-refractivity contribution in [3.8, 4) is 0 Å². The number of pyridine rings is 1. The number of aromatic nitrogens is 1. The predicted octanol–water partition coefficient (Wildman–Crippen LogP) is 2.38. The minimum Gasteiger partial charge on any atom is -0.323 e. The van der Waals surface area contributed by atoms with Crippen LogP contribution in [-0.2, 0) is 6.42 Å². The van der Waals surface area contributed by atoms with E-state index in [0.29, 0.717) is 5.41 Å². The Morgan fingerprint density at radius 3 is 2.61 bits per heavy atom. The topological polar surface area (TPSA) is 42.2 Å². The number of hydrogen-bond acceptors (Lipinski definition) is 3. The summed E-state index contributed by atoms with van der Waals surface area (Å²) in [6.07, 6.45) is 5.39. The highest BCUT2D eigenvalue weighted by Crippen LogP contribution is 2.49. The normalized spacial score (nSPS) is 25.4. The molecule has 18 heavy (non-hydrogen) atoms. The molecule has 1 fully saturated rings. The summed E-state index contributed by atoms with van der Waals surface area (Å²) in [4.78, 5) is 6.88. The van der Waals surface area contributed by atoms with Crippen LogP contribution in [-0.4, -0.2) is 30.0 Å². The summed E-state index contributed by atoms with van der Waals surface area (Å²) in [5, 5.41) is 0. The summed E-state index contributed by atoms with van der Waals surface area (Å²) < 4.78 is 0. The van der Waals surface area contributed by atoms with Crippen molar-refractivity contribution < 1.29 is 0 Å². The van der Waals surface area contributed by atoms with Gasteiger partial charge in [-0.05, 0) is 56.4 Å². The van der Waals surface area contributed by atoms with Crippen LogP contribution in [0.4, 0.5) is 0 Å². The van der Waals surface area contributed by atoms with Crippen LogP contribution < -0.4 is 5.73 Å². The smallest absolute Gasteiger partial charge is 0.0457 e. The summed E-state index contributed by atoms with van der Waals surface area (Å²) in [6.45, 7) is 6.34. The Bertz CT molecular complexity index is 394. The van der Waals surface area contributed by atoms with Crippen LogP contribution in [0.1, 0.15) is 44.0 Å². The molecular formula is C15H25N3. The minimum absolute atomic E-state index is 0.199. The molecule has 1 spiro atoms. The first-order valence-electron chi connectivity index (χ1n) is 7.09. The molecule has 3 heteroatoms. The second-order valence-corrected chi connectivity index (χ2v) is 5.36. The molecule has 100 valence electrons. The van der Waals surface area contributed by atoms with Crippen molar-refractivity contribution in [2.24, 2.45) is 11.1 Å². The highest BCUT2D eigenvalue weighted by molar-refractivity contribution is 5.33. The molecule has 2 heterocycles. The second-order valence-electron chi connectivity index (χ2n) is 5.36. The molecular weight excluding hydrogens is 222 g/mol. The Labute approximate surface area is 110 Å². The third-order valence-electron chi connectivity index (χ3n) is 4.42. The van der Waals surface area contributed by atoms with Crippen molar-refractivity contribution in [1.82, 2.24) is 9.88 Å². The van der Waals surface area contributed by atoms with E-state index in [2.05, 4.69) is 23.0 Å². The first kappa shape index (κ1) is 13.5. The molecule has 1 aromatic rings. The maximum Gasteiger partial charge on any atom is 0.0457 e. The summed E-state index contributed by atoms with van der Waals surface area (Å²) in [5.41, 5.74) is 9.26. The molecule has 1 saturated heterocycles. The maximum atomic E-state index is 6.44. The van der Waals surface area contributed by atoms with E-state index in [1.807, 2.05) is 26.1 Å². The molecule has 3 nitrogen and oxygen atoms in total. The molecule has 0 aromatic carbocycles. The van der Waals surface area contributed by atoms with Crippen molar-refractivity contribution in [3.05, 3.63) is 29.6 Å². The molecule has 0 amide bonds. The second kappa shape index (κ2) is 5.37. The Kier molecular flexibility index (Phi) is 4.03. The van der Waals surface area contributed by atoms with Crippen molar-refractivity contribution in [3.63, 3.8) is 0 Å². The molecule has 0 radical (unpaired) electrons. The number of fused-ring (bicyclic) bond motifs is 1. The average Bonchev–Trinajstić information content (AvgIpc) is 2.70. The van der Waals surface area contributed by atoms with Gasteiger partial charge in [0.25, 0.3) is 0 Å². The monoisotopic (exact) mass is 247 g/mol. The van der Waals surface area contributed by atoms with Gasteiger partial charge in [0.1, 0.15) is 0 Å². The van der Waals surface area contributed by atoms with Crippen LogP contribution in [0, 0.1) is 5.41 Å². The first-order chi connectivity index (χ1) is 8.71. The largest absolute Gasteiger partial charge is 0.323 e. The zero-order valence-electron chi connectivity index (χ0n) is 11.8. The van der Waals surface area contributed by atoms with E-state index >= 15 is 0 Å². The van der Waals surface area contributed by atoms with Crippen LogP contribution in [0.15, 0.2) is 18.3 Å². The number of nitrogens with zero attached hydrogens (tertiary/aromatic N) is 2. The fourth-order valence-corrected chi connectivity index (χ4v) is 3.21. The van der Waals surface area contributed by atoms with Crippen LogP contribution in [0.3, 0.4) is 0 Å². The van der Waals surface area contributed by atoms with Crippen molar-refractivity contribution >= 4 is 0 Å². The molecule has 0 saturated carbocycles. The van der Waals surface area contributed by atoms with Crippen molar-refractivity contribution in [2.45, 2.75) is 39.2 Å². The lowest BCUT2D eigenvalue weighted by atomic mass is 9.73. The molecule has 2 aliphatic rings. The molecule has 0 bridgehead atoms. The van der Waals surface area contributed by atoms with Crippen LogP contribution in [0.25, 0.3) is 0 Å². The highest BCUT2D eigenvalue weighted by Gasteiger charge is 2.45.